The van der Waals surface area contributed by atoms with Crippen LogP contribution in [-0.2, 0) is 4.79 Å². The van der Waals surface area contributed by atoms with E-state index >= 15 is 0 Å². The van der Waals surface area contributed by atoms with Gasteiger partial charge in [0, 0.05) is 30.9 Å². The number of thioether (sulfide) groups is 1. The van der Waals surface area contributed by atoms with Crippen molar-refractivity contribution in [1.82, 2.24) is 10.2 Å². The molecule has 0 aromatic carbocycles. The van der Waals surface area contributed by atoms with Crippen molar-refractivity contribution < 1.29 is 9.90 Å². The minimum absolute atomic E-state index is 0.329. The zero-order valence-electron chi connectivity index (χ0n) is 8.98. The van der Waals surface area contributed by atoms with Crippen molar-refractivity contribution in [3.8, 4) is 0 Å². The Bertz CT molecular complexity index is 250. The molecule has 3 atom stereocenters. The number of hydrogen-bond acceptors (Lipinski definition) is 4. The molecule has 3 unspecified atom stereocenters. The van der Waals surface area contributed by atoms with E-state index in [1.54, 1.807) is 0 Å². The first kappa shape index (κ1) is 11.2. The number of hydrogen-bond donors (Lipinski definition) is 2. The largest absolute Gasteiger partial charge is 0.480 e. The van der Waals surface area contributed by atoms with Gasteiger partial charge < -0.3 is 10.4 Å². The van der Waals surface area contributed by atoms with Gasteiger partial charge in [-0.15, -0.1) is 0 Å². The number of nitrogens with one attached hydrogen (secondary N) is 1. The Kier molecular flexibility index (Phi) is 3.53. The Hall–Kier alpha value is -0.260. The van der Waals surface area contributed by atoms with E-state index in [4.69, 9.17) is 5.11 Å². The summed E-state index contributed by atoms with van der Waals surface area (Å²) < 4.78 is 0. The van der Waals surface area contributed by atoms with Crippen LogP contribution < -0.4 is 5.32 Å². The molecule has 2 saturated heterocycles. The van der Waals surface area contributed by atoms with Crippen molar-refractivity contribution in [2.45, 2.75) is 30.7 Å². The summed E-state index contributed by atoms with van der Waals surface area (Å²) >= 11 is 1.96. The third-order valence-electron chi connectivity index (χ3n) is 3.33. The quantitative estimate of drug-likeness (QED) is 0.711. The molecule has 0 aromatic heterocycles. The van der Waals surface area contributed by atoms with E-state index in [0.29, 0.717) is 17.8 Å². The molecule has 0 saturated carbocycles. The molecule has 2 N–H and O–H groups in total. The van der Waals surface area contributed by atoms with Crippen LogP contribution in [-0.4, -0.2) is 58.7 Å². The number of carbonyl (C=O) groups is 1. The normalized spacial score (nSPS) is 38.1. The fraction of sp³-hybridized carbons (Fsp3) is 0.900. The maximum atomic E-state index is 11.1. The molecule has 4 nitrogen and oxygen atoms in total. The standard InChI is InChI=1S/C10H18N2O2S/c1-7-8(2-5-15-7)12-4-3-11-6-9(12)10(13)14/h7-9,11H,2-6H2,1H3,(H,13,14). The van der Waals surface area contributed by atoms with Crippen LogP contribution in [0.25, 0.3) is 0 Å². The van der Waals surface area contributed by atoms with Gasteiger partial charge in [0.05, 0.1) is 0 Å². The lowest BCUT2D eigenvalue weighted by molar-refractivity contribution is -0.145. The molecule has 2 fully saturated rings. The van der Waals surface area contributed by atoms with Gasteiger partial charge in [0.1, 0.15) is 6.04 Å². The Balaban J connectivity index is 2.06. The summed E-state index contributed by atoms with van der Waals surface area (Å²) in [7, 11) is 0. The summed E-state index contributed by atoms with van der Waals surface area (Å²) in [6, 6.07) is 0.128. The number of carboxylic acid groups (broad SMARTS) is 1. The Morgan fingerprint density at radius 3 is 3.00 bits per heavy atom. The summed E-state index contributed by atoms with van der Waals surface area (Å²) in [5, 5.41) is 12.9. The summed E-state index contributed by atoms with van der Waals surface area (Å²) in [5.74, 6) is 0.480. The van der Waals surface area contributed by atoms with E-state index in [1.807, 2.05) is 11.8 Å². The number of piperazine rings is 1. The molecule has 2 heterocycles. The monoisotopic (exact) mass is 230 g/mol. The summed E-state index contributed by atoms with van der Waals surface area (Å²) in [6.07, 6.45) is 1.13. The summed E-state index contributed by atoms with van der Waals surface area (Å²) in [4.78, 5) is 13.3. The van der Waals surface area contributed by atoms with Crippen LogP contribution in [0.3, 0.4) is 0 Å². The molecule has 0 amide bonds. The van der Waals surface area contributed by atoms with Crippen LogP contribution in [0.1, 0.15) is 13.3 Å². The van der Waals surface area contributed by atoms with Crippen LogP contribution in [0.2, 0.25) is 0 Å². The van der Waals surface area contributed by atoms with Gasteiger partial charge in [0.25, 0.3) is 0 Å². The number of carboxylic acids is 1. The second kappa shape index (κ2) is 4.72. The minimum Gasteiger partial charge on any atom is -0.480 e. The van der Waals surface area contributed by atoms with Crippen LogP contribution in [0, 0.1) is 0 Å². The predicted octanol–water partition coefficient (Wildman–Crippen LogP) is 0.239. The van der Waals surface area contributed by atoms with Crippen molar-refractivity contribution in [3.05, 3.63) is 0 Å². The topological polar surface area (TPSA) is 52.6 Å². The highest BCUT2D eigenvalue weighted by molar-refractivity contribution is 8.00. The smallest absolute Gasteiger partial charge is 0.322 e. The first-order valence-electron chi connectivity index (χ1n) is 5.51. The van der Waals surface area contributed by atoms with Crippen molar-refractivity contribution in [1.29, 1.82) is 0 Å². The first-order chi connectivity index (χ1) is 7.20. The predicted molar refractivity (Wildman–Crippen MR) is 61.3 cm³/mol. The number of nitrogens with zero attached hydrogens (tertiary/aromatic N) is 1. The molecule has 2 rings (SSSR count). The van der Waals surface area contributed by atoms with Gasteiger partial charge in [-0.05, 0) is 12.2 Å². The molecule has 2 aliphatic rings. The van der Waals surface area contributed by atoms with E-state index in [-0.39, 0.29) is 6.04 Å². The molecule has 0 radical (unpaired) electrons. The second-order valence-corrected chi connectivity index (χ2v) is 5.71. The lowest BCUT2D eigenvalue weighted by Crippen LogP contribution is -2.59. The van der Waals surface area contributed by atoms with Crippen molar-refractivity contribution in [3.63, 3.8) is 0 Å². The Morgan fingerprint density at radius 2 is 2.40 bits per heavy atom. The highest BCUT2D eigenvalue weighted by atomic mass is 32.2. The first-order valence-corrected chi connectivity index (χ1v) is 6.56. The maximum absolute atomic E-state index is 11.1. The minimum atomic E-state index is -0.689. The van der Waals surface area contributed by atoms with E-state index in [0.717, 1.165) is 19.5 Å². The zero-order valence-corrected chi connectivity index (χ0v) is 9.80. The van der Waals surface area contributed by atoms with Gasteiger partial charge in [-0.3, -0.25) is 9.69 Å². The SMILES string of the molecule is CC1SCCC1N1CCNCC1C(=O)O. The van der Waals surface area contributed by atoms with Crippen LogP contribution in [0.4, 0.5) is 0 Å². The Labute approximate surface area is 94.4 Å². The van der Waals surface area contributed by atoms with Crippen molar-refractivity contribution in [2.24, 2.45) is 0 Å². The van der Waals surface area contributed by atoms with Gasteiger partial charge in [-0.2, -0.15) is 11.8 Å². The average molecular weight is 230 g/mol. The zero-order chi connectivity index (χ0) is 10.8. The van der Waals surface area contributed by atoms with Crippen LogP contribution in [0.5, 0.6) is 0 Å². The van der Waals surface area contributed by atoms with Crippen molar-refractivity contribution in [2.75, 3.05) is 25.4 Å². The van der Waals surface area contributed by atoms with E-state index in [2.05, 4.69) is 17.1 Å². The number of rotatable bonds is 2. The highest BCUT2D eigenvalue weighted by Gasteiger charge is 2.37. The second-order valence-electron chi connectivity index (χ2n) is 4.23. The van der Waals surface area contributed by atoms with Gasteiger partial charge in [-0.25, -0.2) is 0 Å². The highest BCUT2D eigenvalue weighted by Crippen LogP contribution is 2.31. The van der Waals surface area contributed by atoms with Crippen LogP contribution in [0.15, 0.2) is 0 Å². The van der Waals surface area contributed by atoms with Crippen LogP contribution >= 0.6 is 11.8 Å². The fourth-order valence-corrected chi connectivity index (χ4v) is 3.77. The molecule has 15 heavy (non-hydrogen) atoms. The average Bonchev–Trinajstić information content (AvgIpc) is 2.64. The summed E-state index contributed by atoms with van der Waals surface area (Å²) in [5.41, 5.74) is 0. The Morgan fingerprint density at radius 1 is 1.60 bits per heavy atom. The molecule has 5 heteroatoms. The van der Waals surface area contributed by atoms with Gasteiger partial charge >= 0.3 is 5.97 Å². The van der Waals surface area contributed by atoms with Gasteiger partial charge in [0.2, 0.25) is 0 Å². The fourth-order valence-electron chi connectivity index (χ4n) is 2.50. The molecule has 0 aromatic rings. The third kappa shape index (κ3) is 2.29. The molecule has 0 aliphatic carbocycles. The van der Waals surface area contributed by atoms with E-state index < -0.39 is 5.97 Å². The maximum Gasteiger partial charge on any atom is 0.322 e. The summed E-state index contributed by atoms with van der Waals surface area (Å²) in [6.45, 7) is 4.58. The third-order valence-corrected chi connectivity index (χ3v) is 4.64. The van der Waals surface area contributed by atoms with Gasteiger partial charge in [-0.1, -0.05) is 6.92 Å². The van der Waals surface area contributed by atoms with Gasteiger partial charge in [0.15, 0.2) is 0 Å². The molecule has 86 valence electrons. The lowest BCUT2D eigenvalue weighted by atomic mass is 10.1. The molecular weight excluding hydrogens is 212 g/mol. The molecule has 0 spiro atoms. The van der Waals surface area contributed by atoms with Crippen molar-refractivity contribution >= 4 is 17.7 Å². The lowest BCUT2D eigenvalue weighted by Gasteiger charge is -2.39. The van der Waals surface area contributed by atoms with E-state index in [1.165, 1.54) is 5.75 Å². The molecular formula is C10H18N2O2S. The van der Waals surface area contributed by atoms with E-state index in [9.17, 15) is 4.79 Å². The molecule has 2 aliphatic heterocycles. The number of aliphatic carboxylic acids is 1. The molecule has 0 bridgehead atoms.